The van der Waals surface area contributed by atoms with Crippen LogP contribution in [0.4, 0.5) is 10.3 Å². The number of rotatable bonds is 5. The number of hydrogen-bond acceptors (Lipinski definition) is 7. The van der Waals surface area contributed by atoms with E-state index in [0.29, 0.717) is 34.4 Å². The molecule has 31 heavy (non-hydrogen) atoms. The number of nitrogens with two attached hydrogens (primary N) is 1. The zero-order valence-electron chi connectivity index (χ0n) is 17.4. The fourth-order valence-corrected chi connectivity index (χ4v) is 3.12. The first-order valence-electron chi connectivity index (χ1n) is 9.66. The lowest BCUT2D eigenvalue weighted by Crippen LogP contribution is -2.46. The predicted octanol–water partition coefficient (Wildman–Crippen LogP) is 2.28. The first kappa shape index (κ1) is 20.9. The Balaban J connectivity index is 1.74. The minimum absolute atomic E-state index is 0.104. The zero-order valence-corrected chi connectivity index (χ0v) is 17.4. The van der Waals surface area contributed by atoms with Crippen LogP contribution < -0.4 is 10.6 Å². The van der Waals surface area contributed by atoms with Gasteiger partial charge in [-0.05, 0) is 37.3 Å². The average molecular weight is 426 g/mol. The van der Waals surface area contributed by atoms with E-state index in [4.69, 9.17) is 15.2 Å². The molecular formula is C21H23FN6O3. The fourth-order valence-electron chi connectivity index (χ4n) is 3.12. The molecule has 4 rings (SSSR count). The number of carbonyl (C=O) groups is 1. The van der Waals surface area contributed by atoms with Gasteiger partial charge in [-0.15, -0.1) is 0 Å². The van der Waals surface area contributed by atoms with Gasteiger partial charge in [0.1, 0.15) is 5.82 Å². The second kappa shape index (κ2) is 8.05. The molecule has 1 aliphatic rings. The number of carbonyl (C=O) groups excluding carboxylic acids is 1. The monoisotopic (exact) mass is 426 g/mol. The summed E-state index contributed by atoms with van der Waals surface area (Å²) in [5, 5.41) is 0. The summed E-state index contributed by atoms with van der Waals surface area (Å²) in [4.78, 5) is 30.1. The third kappa shape index (κ3) is 4.12. The van der Waals surface area contributed by atoms with E-state index >= 15 is 0 Å². The van der Waals surface area contributed by atoms with Gasteiger partial charge in [0.25, 0.3) is 0 Å². The number of anilines is 1. The molecular weight excluding hydrogens is 403 g/mol. The van der Waals surface area contributed by atoms with Crippen LogP contribution >= 0.6 is 0 Å². The van der Waals surface area contributed by atoms with Crippen molar-refractivity contribution >= 4 is 11.9 Å². The molecule has 1 amide bonds. The molecule has 9 nitrogen and oxygen atoms in total. The summed E-state index contributed by atoms with van der Waals surface area (Å²) in [6.45, 7) is 1.90. The molecule has 1 aliphatic heterocycles. The second-order valence-electron chi connectivity index (χ2n) is 7.87. The van der Waals surface area contributed by atoms with Crippen molar-refractivity contribution in [2.75, 3.05) is 32.2 Å². The van der Waals surface area contributed by atoms with E-state index in [9.17, 15) is 9.18 Å². The lowest BCUT2D eigenvalue weighted by Gasteiger charge is -2.34. The highest BCUT2D eigenvalue weighted by atomic mass is 19.1. The number of nitrogens with zero attached hydrogens (tertiary/aromatic N) is 4. The van der Waals surface area contributed by atoms with Crippen molar-refractivity contribution in [3.8, 4) is 22.6 Å². The van der Waals surface area contributed by atoms with Gasteiger partial charge < -0.3 is 25.1 Å². The molecule has 0 saturated carbocycles. The standard InChI is InChI=1S/C21H23FN6O3/c1-21(19(23)29)10-30-18(31-11-21)17-26-15(12-4-6-13(22)7-5-12)16(27-17)14-8-9-24-20(25-14)28(2)3/h4-9,18H,10-11H2,1-3H3,(H2,23,29)(H,26,27). The molecule has 1 fully saturated rings. The number of nitrogens with one attached hydrogen (secondary N) is 1. The fraction of sp³-hybridized carbons (Fsp3) is 0.333. The van der Waals surface area contributed by atoms with Crippen LogP contribution in [-0.4, -0.2) is 53.2 Å². The summed E-state index contributed by atoms with van der Waals surface area (Å²) in [7, 11) is 3.69. The SMILES string of the molecule is CN(C)c1nccc(-c2[nH]c(C3OCC(C)(C(N)=O)CO3)nc2-c2ccc(F)cc2)n1. The van der Waals surface area contributed by atoms with Crippen LogP contribution in [0.3, 0.4) is 0 Å². The molecule has 0 atom stereocenters. The van der Waals surface area contributed by atoms with Crippen molar-refractivity contribution in [2.45, 2.75) is 13.2 Å². The first-order valence-corrected chi connectivity index (χ1v) is 9.66. The van der Waals surface area contributed by atoms with E-state index in [1.54, 1.807) is 36.2 Å². The molecule has 0 radical (unpaired) electrons. The number of hydrogen-bond donors (Lipinski definition) is 2. The van der Waals surface area contributed by atoms with Crippen molar-refractivity contribution in [1.82, 2.24) is 19.9 Å². The van der Waals surface area contributed by atoms with Gasteiger partial charge in [-0.3, -0.25) is 4.79 Å². The Morgan fingerprint density at radius 3 is 2.48 bits per heavy atom. The molecule has 3 N–H and O–H groups in total. The lowest BCUT2D eigenvalue weighted by molar-refractivity contribution is -0.230. The highest BCUT2D eigenvalue weighted by molar-refractivity contribution is 5.81. The maximum absolute atomic E-state index is 13.5. The summed E-state index contributed by atoms with van der Waals surface area (Å²) in [6, 6.07) is 7.76. The van der Waals surface area contributed by atoms with Crippen molar-refractivity contribution < 1.29 is 18.7 Å². The number of aromatic nitrogens is 4. The number of primary amides is 1. The number of H-pyrrole nitrogens is 1. The Labute approximate surface area is 178 Å². The highest BCUT2D eigenvalue weighted by Gasteiger charge is 2.39. The van der Waals surface area contributed by atoms with Crippen LogP contribution in [0.5, 0.6) is 0 Å². The van der Waals surface area contributed by atoms with Crippen LogP contribution in [0.15, 0.2) is 36.5 Å². The Morgan fingerprint density at radius 2 is 1.87 bits per heavy atom. The topological polar surface area (TPSA) is 119 Å². The third-order valence-corrected chi connectivity index (χ3v) is 5.06. The van der Waals surface area contributed by atoms with E-state index in [0.717, 1.165) is 0 Å². The van der Waals surface area contributed by atoms with Gasteiger partial charge in [0.15, 0.2) is 5.82 Å². The lowest BCUT2D eigenvalue weighted by atomic mass is 9.91. The molecule has 1 aromatic carbocycles. The quantitative estimate of drug-likeness (QED) is 0.642. The maximum atomic E-state index is 13.5. The zero-order chi connectivity index (χ0) is 22.2. The Bertz CT molecular complexity index is 1090. The van der Waals surface area contributed by atoms with E-state index in [-0.39, 0.29) is 19.0 Å². The smallest absolute Gasteiger partial charge is 0.228 e. The van der Waals surface area contributed by atoms with Crippen LogP contribution in [0, 0.1) is 11.2 Å². The van der Waals surface area contributed by atoms with Gasteiger partial charge in [-0.2, -0.15) is 0 Å². The van der Waals surface area contributed by atoms with E-state index in [1.165, 1.54) is 12.1 Å². The summed E-state index contributed by atoms with van der Waals surface area (Å²) in [6.07, 6.45) is 0.842. The van der Waals surface area contributed by atoms with Crippen molar-refractivity contribution in [3.05, 3.63) is 48.2 Å². The van der Waals surface area contributed by atoms with Crippen LogP contribution in [0.25, 0.3) is 22.6 Å². The molecule has 10 heteroatoms. The van der Waals surface area contributed by atoms with Crippen molar-refractivity contribution in [2.24, 2.45) is 11.1 Å². The molecule has 2 aromatic heterocycles. The van der Waals surface area contributed by atoms with Gasteiger partial charge in [0, 0.05) is 25.9 Å². The van der Waals surface area contributed by atoms with Gasteiger partial charge in [0.2, 0.25) is 18.1 Å². The van der Waals surface area contributed by atoms with E-state index in [2.05, 4.69) is 19.9 Å². The summed E-state index contributed by atoms with van der Waals surface area (Å²) in [5.74, 6) is 0.102. The van der Waals surface area contributed by atoms with Crippen molar-refractivity contribution in [3.63, 3.8) is 0 Å². The molecule has 0 unspecified atom stereocenters. The molecule has 3 heterocycles. The summed E-state index contributed by atoms with van der Waals surface area (Å²) < 4.78 is 25.0. The van der Waals surface area contributed by atoms with Crippen LogP contribution in [-0.2, 0) is 14.3 Å². The minimum atomic E-state index is -0.904. The molecule has 0 bridgehead atoms. The second-order valence-corrected chi connectivity index (χ2v) is 7.87. The van der Waals surface area contributed by atoms with E-state index < -0.39 is 17.6 Å². The molecule has 0 spiro atoms. The molecule has 3 aromatic rings. The number of imidazole rings is 1. The predicted molar refractivity (Wildman–Crippen MR) is 111 cm³/mol. The third-order valence-electron chi connectivity index (χ3n) is 5.06. The number of ether oxygens (including phenoxy) is 2. The highest BCUT2D eigenvalue weighted by Crippen LogP contribution is 2.35. The molecule has 162 valence electrons. The van der Waals surface area contributed by atoms with Crippen LogP contribution in [0.1, 0.15) is 19.0 Å². The number of benzene rings is 1. The Morgan fingerprint density at radius 1 is 1.19 bits per heavy atom. The van der Waals surface area contributed by atoms with Crippen molar-refractivity contribution in [1.29, 1.82) is 0 Å². The maximum Gasteiger partial charge on any atom is 0.228 e. The first-order chi connectivity index (χ1) is 14.8. The Hall–Kier alpha value is -3.37. The summed E-state index contributed by atoms with van der Waals surface area (Å²) >= 11 is 0. The van der Waals surface area contributed by atoms with Gasteiger partial charge in [0.05, 0.1) is 35.7 Å². The Kier molecular flexibility index (Phi) is 5.42. The van der Waals surface area contributed by atoms with Gasteiger partial charge >= 0.3 is 0 Å². The normalized spacial score (nSPS) is 21.1. The number of aromatic amines is 1. The van der Waals surface area contributed by atoms with Crippen LogP contribution in [0.2, 0.25) is 0 Å². The molecule has 0 aliphatic carbocycles. The summed E-state index contributed by atoms with van der Waals surface area (Å²) in [5.41, 5.74) is 7.02. The number of halogens is 1. The minimum Gasteiger partial charge on any atom is -0.369 e. The van der Waals surface area contributed by atoms with Gasteiger partial charge in [-0.25, -0.2) is 19.3 Å². The molecule has 1 saturated heterocycles. The average Bonchev–Trinajstić information content (AvgIpc) is 3.20. The van der Waals surface area contributed by atoms with Gasteiger partial charge in [-0.1, -0.05) is 0 Å². The van der Waals surface area contributed by atoms with E-state index in [1.807, 2.05) is 14.1 Å². The largest absolute Gasteiger partial charge is 0.369 e. The number of amides is 1.